The molecule has 1 aromatic carbocycles. The summed E-state index contributed by atoms with van der Waals surface area (Å²) in [5.41, 5.74) is -0.00674. The molecule has 1 aliphatic heterocycles. The molecule has 0 spiro atoms. The van der Waals surface area contributed by atoms with Gasteiger partial charge in [0.05, 0.1) is 9.92 Å². The maximum Gasteiger partial charge on any atom is 0.243 e. The predicted molar refractivity (Wildman–Crippen MR) is 81.4 cm³/mol. The van der Waals surface area contributed by atoms with Gasteiger partial charge in [-0.1, -0.05) is 11.6 Å². The fourth-order valence-electron chi connectivity index (χ4n) is 2.74. The Morgan fingerprint density at radius 3 is 2.62 bits per heavy atom. The van der Waals surface area contributed by atoms with Crippen LogP contribution in [0, 0.1) is 5.82 Å². The van der Waals surface area contributed by atoms with Crippen LogP contribution in [0.25, 0.3) is 0 Å². The van der Waals surface area contributed by atoms with E-state index in [2.05, 4.69) is 5.32 Å². The molecule has 4 nitrogen and oxygen atoms in total. The molecule has 0 aliphatic carbocycles. The van der Waals surface area contributed by atoms with Gasteiger partial charge in [0, 0.05) is 18.6 Å². The van der Waals surface area contributed by atoms with Gasteiger partial charge in [-0.2, -0.15) is 4.31 Å². The third kappa shape index (κ3) is 3.08. The number of sulfonamides is 1. The lowest BCUT2D eigenvalue weighted by molar-refractivity contribution is 0.291. The Kier molecular flexibility index (Phi) is 4.63. The second-order valence-electron chi connectivity index (χ2n) is 5.90. The van der Waals surface area contributed by atoms with E-state index < -0.39 is 21.4 Å². The Bertz CT molecular complexity index is 647. The minimum absolute atomic E-state index is 0.0374. The Balaban J connectivity index is 2.50. The van der Waals surface area contributed by atoms with Crippen molar-refractivity contribution in [3.8, 4) is 0 Å². The molecule has 0 amide bonds. The van der Waals surface area contributed by atoms with Crippen molar-refractivity contribution in [2.24, 2.45) is 0 Å². The lowest BCUT2D eigenvalue weighted by atomic mass is 10.0. The number of nitrogens with zero attached hydrogens (tertiary/aromatic N) is 1. The van der Waals surface area contributed by atoms with Gasteiger partial charge in [-0.3, -0.25) is 0 Å². The van der Waals surface area contributed by atoms with E-state index in [0.29, 0.717) is 18.7 Å². The van der Waals surface area contributed by atoms with Gasteiger partial charge in [0.1, 0.15) is 5.82 Å². The molecule has 0 unspecified atom stereocenters. The zero-order valence-electron chi connectivity index (χ0n) is 12.4. The number of hydrogen-bond acceptors (Lipinski definition) is 3. The molecule has 118 valence electrons. The quantitative estimate of drug-likeness (QED) is 0.921. The summed E-state index contributed by atoms with van der Waals surface area (Å²) in [6.45, 7) is 4.54. The molecular weight excluding hydrogens is 315 g/mol. The Labute approximate surface area is 130 Å². The minimum atomic E-state index is -3.72. The molecule has 0 aromatic heterocycles. The highest BCUT2D eigenvalue weighted by Crippen LogP contribution is 2.35. The molecule has 21 heavy (non-hydrogen) atoms. The number of rotatable bonds is 4. The average Bonchev–Trinajstić information content (AvgIpc) is 2.75. The van der Waals surface area contributed by atoms with Crippen LogP contribution in [-0.4, -0.2) is 31.9 Å². The zero-order chi connectivity index (χ0) is 15.8. The summed E-state index contributed by atoms with van der Waals surface area (Å²) >= 11 is 5.89. The highest BCUT2D eigenvalue weighted by molar-refractivity contribution is 7.89. The van der Waals surface area contributed by atoms with Gasteiger partial charge in [-0.15, -0.1) is 0 Å². The van der Waals surface area contributed by atoms with Crippen LogP contribution in [0.3, 0.4) is 0 Å². The second kappa shape index (κ2) is 5.83. The maximum absolute atomic E-state index is 13.9. The Morgan fingerprint density at radius 2 is 2.10 bits per heavy atom. The average molecular weight is 335 g/mol. The molecule has 1 N–H and O–H groups in total. The van der Waals surface area contributed by atoms with Crippen LogP contribution < -0.4 is 5.32 Å². The Morgan fingerprint density at radius 1 is 1.43 bits per heavy atom. The number of hydrogen-bond donors (Lipinski definition) is 1. The minimum Gasteiger partial charge on any atom is -0.316 e. The van der Waals surface area contributed by atoms with Crippen molar-refractivity contribution < 1.29 is 12.8 Å². The Hall–Kier alpha value is -0.690. The molecule has 2 rings (SSSR count). The van der Waals surface area contributed by atoms with Crippen LogP contribution in [-0.2, 0) is 16.6 Å². The molecule has 1 fully saturated rings. The SMILES string of the molecule is CNCc1cc(S(=O)(=O)N2CCCC2(C)C)cc(F)c1Cl. The van der Waals surface area contributed by atoms with Gasteiger partial charge >= 0.3 is 0 Å². The molecule has 0 saturated carbocycles. The van der Waals surface area contributed by atoms with Crippen LogP contribution in [0.1, 0.15) is 32.3 Å². The van der Waals surface area contributed by atoms with Crippen molar-refractivity contribution in [1.82, 2.24) is 9.62 Å². The predicted octanol–water partition coefficient (Wildman–Crippen LogP) is 2.76. The number of nitrogens with one attached hydrogen (secondary N) is 1. The summed E-state index contributed by atoms with van der Waals surface area (Å²) in [4.78, 5) is -0.0374. The van der Waals surface area contributed by atoms with Gasteiger partial charge in [0.15, 0.2) is 0 Å². The van der Waals surface area contributed by atoms with Crippen LogP contribution in [0.5, 0.6) is 0 Å². The number of halogens is 2. The summed E-state index contributed by atoms with van der Waals surface area (Å²) in [7, 11) is -2.03. The van der Waals surface area contributed by atoms with Gasteiger partial charge in [0.2, 0.25) is 10.0 Å². The first kappa shape index (κ1) is 16.7. The van der Waals surface area contributed by atoms with E-state index in [0.717, 1.165) is 18.9 Å². The van der Waals surface area contributed by atoms with E-state index in [4.69, 9.17) is 11.6 Å². The molecule has 1 aromatic rings. The van der Waals surface area contributed by atoms with Crippen molar-refractivity contribution >= 4 is 21.6 Å². The first-order chi connectivity index (χ1) is 9.70. The smallest absolute Gasteiger partial charge is 0.243 e. The monoisotopic (exact) mass is 334 g/mol. The largest absolute Gasteiger partial charge is 0.316 e. The van der Waals surface area contributed by atoms with Gasteiger partial charge in [-0.05, 0) is 51.4 Å². The summed E-state index contributed by atoms with van der Waals surface area (Å²) in [6, 6.07) is 2.46. The van der Waals surface area contributed by atoms with Crippen LogP contribution >= 0.6 is 11.6 Å². The van der Waals surface area contributed by atoms with Crippen molar-refractivity contribution in [1.29, 1.82) is 0 Å². The molecule has 0 atom stereocenters. The van der Waals surface area contributed by atoms with Crippen molar-refractivity contribution in [2.75, 3.05) is 13.6 Å². The standard InChI is InChI=1S/C14H20ClFN2O2S/c1-14(2)5-4-6-18(14)21(19,20)11-7-10(9-17-3)13(15)12(16)8-11/h7-8,17H,4-6,9H2,1-3H3. The molecule has 0 bridgehead atoms. The first-order valence-electron chi connectivity index (χ1n) is 6.85. The highest BCUT2D eigenvalue weighted by atomic mass is 35.5. The highest BCUT2D eigenvalue weighted by Gasteiger charge is 2.41. The molecular formula is C14H20ClFN2O2S. The van der Waals surface area contributed by atoms with Gasteiger partial charge < -0.3 is 5.32 Å². The topological polar surface area (TPSA) is 49.4 Å². The molecule has 1 aliphatic rings. The lowest BCUT2D eigenvalue weighted by Gasteiger charge is -2.30. The third-order valence-electron chi connectivity index (χ3n) is 3.86. The third-order valence-corrected chi connectivity index (χ3v) is 6.37. The summed E-state index contributed by atoms with van der Waals surface area (Å²) in [6.07, 6.45) is 1.61. The summed E-state index contributed by atoms with van der Waals surface area (Å²) < 4.78 is 40.9. The lowest BCUT2D eigenvalue weighted by Crippen LogP contribution is -2.42. The normalized spacial score (nSPS) is 19.1. The van der Waals surface area contributed by atoms with Gasteiger partial charge in [0.25, 0.3) is 0 Å². The van der Waals surface area contributed by atoms with E-state index >= 15 is 0 Å². The van der Waals surface area contributed by atoms with E-state index in [9.17, 15) is 12.8 Å². The first-order valence-corrected chi connectivity index (χ1v) is 8.67. The van der Waals surface area contributed by atoms with E-state index in [1.54, 1.807) is 7.05 Å². The molecule has 0 radical (unpaired) electrons. The second-order valence-corrected chi connectivity index (χ2v) is 8.14. The van der Waals surface area contributed by atoms with Crippen molar-refractivity contribution in [2.45, 2.75) is 43.7 Å². The maximum atomic E-state index is 13.9. The van der Waals surface area contributed by atoms with E-state index in [1.165, 1.54) is 10.4 Å². The summed E-state index contributed by atoms with van der Waals surface area (Å²) in [5, 5.41) is 2.82. The number of benzene rings is 1. The van der Waals surface area contributed by atoms with Crippen LogP contribution in [0.4, 0.5) is 4.39 Å². The molecule has 1 saturated heterocycles. The fraction of sp³-hybridized carbons (Fsp3) is 0.571. The fourth-order valence-corrected chi connectivity index (χ4v) is 4.83. The van der Waals surface area contributed by atoms with Gasteiger partial charge in [-0.25, -0.2) is 12.8 Å². The van der Waals surface area contributed by atoms with Crippen molar-refractivity contribution in [3.05, 3.63) is 28.5 Å². The molecule has 1 heterocycles. The van der Waals surface area contributed by atoms with Crippen molar-refractivity contribution in [3.63, 3.8) is 0 Å². The van der Waals surface area contributed by atoms with Crippen LogP contribution in [0.2, 0.25) is 5.02 Å². The summed E-state index contributed by atoms with van der Waals surface area (Å²) in [5.74, 6) is -0.708. The van der Waals surface area contributed by atoms with E-state index in [-0.39, 0.29) is 9.92 Å². The van der Waals surface area contributed by atoms with E-state index in [1.807, 2.05) is 13.8 Å². The zero-order valence-corrected chi connectivity index (χ0v) is 14.0. The van der Waals surface area contributed by atoms with Crippen LogP contribution in [0.15, 0.2) is 17.0 Å². The molecule has 7 heteroatoms.